The van der Waals surface area contributed by atoms with Gasteiger partial charge in [-0.05, 0) is 42.9 Å². The molecule has 180 valence electrons. The number of nitrogens with one attached hydrogen (secondary N) is 3. The molecule has 0 heterocycles. The number of rotatable bonds is 7. The average molecular weight is 496 g/mol. The highest BCUT2D eigenvalue weighted by molar-refractivity contribution is 6.31. The van der Waals surface area contributed by atoms with Crippen molar-refractivity contribution >= 4 is 23.5 Å². The Morgan fingerprint density at radius 1 is 1.12 bits per heavy atom. The highest BCUT2D eigenvalue weighted by Crippen LogP contribution is 2.21. The lowest BCUT2D eigenvalue weighted by Gasteiger charge is -2.25. The molecular weight excluding hydrogens is 476 g/mol. The molecule has 6 nitrogen and oxygen atoms in total. The van der Waals surface area contributed by atoms with Crippen LogP contribution in [0.4, 0.5) is 26.3 Å². The quantitative estimate of drug-likeness (QED) is 0.205. The van der Waals surface area contributed by atoms with Crippen LogP contribution in [-0.2, 0) is 6.54 Å². The average Bonchev–Trinajstić information content (AvgIpc) is 2.73. The molecule has 0 aromatic heterocycles. The van der Waals surface area contributed by atoms with E-state index in [0.717, 1.165) is 24.3 Å². The fourth-order valence-electron chi connectivity index (χ4n) is 2.55. The number of benzene rings is 2. The van der Waals surface area contributed by atoms with E-state index < -0.39 is 48.2 Å². The van der Waals surface area contributed by atoms with Crippen LogP contribution in [0.15, 0.2) is 41.4 Å². The van der Waals surface area contributed by atoms with Crippen LogP contribution in [0.25, 0.3) is 0 Å². The van der Waals surface area contributed by atoms with E-state index in [9.17, 15) is 31.1 Å². The van der Waals surface area contributed by atoms with Gasteiger partial charge in [0.2, 0.25) is 0 Å². The van der Waals surface area contributed by atoms with Gasteiger partial charge in [0.05, 0.1) is 12.7 Å². The summed E-state index contributed by atoms with van der Waals surface area (Å²) in [6.07, 6.45) is -6.38. The van der Waals surface area contributed by atoms with Crippen molar-refractivity contribution in [2.45, 2.75) is 31.3 Å². The van der Waals surface area contributed by atoms with Crippen molar-refractivity contribution in [2.24, 2.45) is 10.7 Å². The molecule has 0 aliphatic rings. The first-order chi connectivity index (χ1) is 15.4. The fraction of sp³-hybridized carbons (Fsp3) is 0.300. The molecule has 2 atom stereocenters. The Morgan fingerprint density at radius 3 is 2.39 bits per heavy atom. The van der Waals surface area contributed by atoms with E-state index in [1.807, 2.05) is 0 Å². The van der Waals surface area contributed by atoms with Crippen molar-refractivity contribution in [3.63, 3.8) is 0 Å². The molecule has 13 heteroatoms. The van der Waals surface area contributed by atoms with Gasteiger partial charge >= 0.3 is 6.18 Å². The number of hydrogen-bond donors (Lipinski definition) is 4. The summed E-state index contributed by atoms with van der Waals surface area (Å²) < 4.78 is 78.4. The summed E-state index contributed by atoms with van der Waals surface area (Å²) in [6.45, 7) is -0.193. The van der Waals surface area contributed by atoms with E-state index in [-0.39, 0.29) is 23.1 Å². The molecule has 2 aromatic carbocycles. The fourth-order valence-corrected chi connectivity index (χ4v) is 2.78. The predicted molar refractivity (Wildman–Crippen MR) is 111 cm³/mol. The minimum atomic E-state index is -4.66. The lowest BCUT2D eigenvalue weighted by Crippen LogP contribution is -2.54. The number of carbonyl (C=O) groups excluding carboxylic acids is 1. The van der Waals surface area contributed by atoms with Crippen LogP contribution in [0, 0.1) is 17.5 Å². The van der Waals surface area contributed by atoms with Crippen LogP contribution in [0.2, 0.25) is 5.02 Å². The molecule has 0 saturated carbocycles. The summed E-state index contributed by atoms with van der Waals surface area (Å²) >= 11 is 5.95. The van der Waals surface area contributed by atoms with Gasteiger partial charge in [-0.15, -0.1) is 0 Å². The summed E-state index contributed by atoms with van der Waals surface area (Å²) in [6, 6.07) is 3.72. The van der Waals surface area contributed by atoms with E-state index in [2.05, 4.69) is 20.9 Å². The monoisotopic (exact) mass is 495 g/mol. The van der Waals surface area contributed by atoms with E-state index in [1.54, 1.807) is 0 Å². The highest BCUT2D eigenvalue weighted by atomic mass is 35.5. The van der Waals surface area contributed by atoms with Gasteiger partial charge in [0.15, 0.2) is 17.6 Å². The summed E-state index contributed by atoms with van der Waals surface area (Å²) in [5.74, 6) is -4.24. The number of hydrogen-bond acceptors (Lipinski definition) is 4. The van der Waals surface area contributed by atoms with Crippen LogP contribution in [0.1, 0.15) is 22.3 Å². The van der Waals surface area contributed by atoms with Crippen LogP contribution in [-0.4, -0.2) is 37.3 Å². The molecular formula is C20H20ClF6N5O. The highest BCUT2D eigenvalue weighted by Gasteiger charge is 2.38. The third-order valence-electron chi connectivity index (χ3n) is 4.41. The number of nitrogens with two attached hydrogens (primary N) is 1. The smallest absolute Gasteiger partial charge is 0.341 e. The van der Waals surface area contributed by atoms with Crippen molar-refractivity contribution in [3.8, 4) is 0 Å². The molecule has 1 amide bonds. The molecule has 33 heavy (non-hydrogen) atoms. The Labute approximate surface area is 190 Å². The summed E-state index contributed by atoms with van der Waals surface area (Å²) in [7, 11) is 1.35. The lowest BCUT2D eigenvalue weighted by molar-refractivity contribution is -0.150. The second kappa shape index (κ2) is 11.3. The van der Waals surface area contributed by atoms with Crippen molar-refractivity contribution in [1.29, 1.82) is 0 Å². The van der Waals surface area contributed by atoms with Gasteiger partial charge < -0.3 is 16.4 Å². The number of carbonyl (C=O) groups is 1. The zero-order chi connectivity index (χ0) is 24.8. The minimum Gasteiger partial charge on any atom is -0.341 e. The maximum absolute atomic E-state index is 13.5. The molecule has 0 fully saturated rings. The van der Waals surface area contributed by atoms with Gasteiger partial charge in [-0.2, -0.15) is 13.2 Å². The minimum absolute atomic E-state index is 0.0364. The first kappa shape index (κ1) is 26.4. The number of guanidine groups is 1. The molecule has 2 rings (SSSR count). The SMILES string of the molecule is CNC(CC(N)C(F)(F)F)NC(=NCc1ccc(F)cc1Cl)NC(=O)c1ccc(F)c(F)c1. The second-order valence-electron chi connectivity index (χ2n) is 6.85. The van der Waals surface area contributed by atoms with E-state index in [1.165, 1.54) is 13.1 Å². The maximum atomic E-state index is 13.5. The predicted octanol–water partition coefficient (Wildman–Crippen LogP) is 3.46. The first-order valence-electron chi connectivity index (χ1n) is 9.41. The second-order valence-corrected chi connectivity index (χ2v) is 7.26. The Kier molecular flexibility index (Phi) is 9.08. The maximum Gasteiger partial charge on any atom is 0.403 e. The third kappa shape index (κ3) is 7.91. The Balaban J connectivity index is 2.27. The van der Waals surface area contributed by atoms with Crippen LogP contribution in [0.3, 0.4) is 0 Å². The molecule has 0 bridgehead atoms. The normalized spacial score (nSPS) is 14.0. The van der Waals surface area contributed by atoms with Crippen molar-refractivity contribution in [3.05, 3.63) is 70.0 Å². The zero-order valence-corrected chi connectivity index (χ0v) is 17.9. The van der Waals surface area contributed by atoms with E-state index >= 15 is 0 Å². The van der Waals surface area contributed by atoms with Crippen LogP contribution < -0.4 is 21.7 Å². The lowest BCUT2D eigenvalue weighted by atomic mass is 10.1. The third-order valence-corrected chi connectivity index (χ3v) is 4.76. The van der Waals surface area contributed by atoms with E-state index in [4.69, 9.17) is 17.3 Å². The van der Waals surface area contributed by atoms with Gasteiger partial charge in [0.1, 0.15) is 11.9 Å². The first-order valence-corrected chi connectivity index (χ1v) is 9.79. The van der Waals surface area contributed by atoms with Crippen LogP contribution in [0.5, 0.6) is 0 Å². The summed E-state index contributed by atoms with van der Waals surface area (Å²) in [4.78, 5) is 16.6. The standard InChI is InChI=1S/C20H20ClF6N5O/c1-29-17(8-16(28)20(25,26)27)31-19(30-9-11-2-4-12(22)7-13(11)21)32-18(33)10-3-5-14(23)15(24)6-10/h2-7,16-17,29H,8-9,28H2,1H3,(H2,30,31,32,33). The molecule has 2 unspecified atom stereocenters. The Morgan fingerprint density at radius 2 is 1.82 bits per heavy atom. The Bertz CT molecular complexity index is 1020. The molecule has 0 spiro atoms. The van der Waals surface area contributed by atoms with Crippen LogP contribution >= 0.6 is 11.6 Å². The van der Waals surface area contributed by atoms with Gasteiger partial charge in [-0.1, -0.05) is 17.7 Å². The molecule has 5 N–H and O–H groups in total. The number of amides is 1. The van der Waals surface area contributed by atoms with Crippen molar-refractivity contribution in [2.75, 3.05) is 7.05 Å². The van der Waals surface area contributed by atoms with Crippen molar-refractivity contribution in [1.82, 2.24) is 16.0 Å². The van der Waals surface area contributed by atoms with E-state index in [0.29, 0.717) is 11.6 Å². The number of alkyl halides is 3. The largest absolute Gasteiger partial charge is 0.403 e. The van der Waals surface area contributed by atoms with Gasteiger partial charge in [-0.3, -0.25) is 10.1 Å². The number of halogens is 7. The molecule has 2 aromatic rings. The van der Waals surface area contributed by atoms with Gasteiger partial charge in [0.25, 0.3) is 5.91 Å². The molecule has 0 aliphatic heterocycles. The summed E-state index contributed by atoms with van der Waals surface area (Å²) in [5, 5.41) is 7.48. The van der Waals surface area contributed by atoms with Gasteiger partial charge in [-0.25, -0.2) is 18.2 Å². The summed E-state index contributed by atoms with van der Waals surface area (Å²) in [5.41, 5.74) is 5.25. The number of nitrogens with zero attached hydrogens (tertiary/aromatic N) is 1. The molecule has 0 aliphatic carbocycles. The topological polar surface area (TPSA) is 91.5 Å². The van der Waals surface area contributed by atoms with Crippen molar-refractivity contribution < 1.29 is 31.1 Å². The van der Waals surface area contributed by atoms with Gasteiger partial charge in [0, 0.05) is 17.0 Å². The molecule has 0 radical (unpaired) electrons. The molecule has 0 saturated heterocycles. The number of aliphatic imine (C=N–C) groups is 1. The Hall–Kier alpha value is -2.83. The zero-order valence-electron chi connectivity index (χ0n) is 17.1.